The third kappa shape index (κ3) is 3.78. The van der Waals surface area contributed by atoms with Crippen LogP contribution in [0.4, 0.5) is 10.5 Å². The van der Waals surface area contributed by atoms with Gasteiger partial charge in [-0.2, -0.15) is 0 Å². The Bertz CT molecular complexity index is 869. The van der Waals surface area contributed by atoms with Crippen molar-refractivity contribution in [3.8, 4) is 0 Å². The number of nitrogens with zero attached hydrogens (tertiary/aromatic N) is 2. The van der Waals surface area contributed by atoms with Crippen molar-refractivity contribution in [3.05, 3.63) is 65.2 Å². The number of amides is 2. The highest BCUT2D eigenvalue weighted by Gasteiger charge is 2.54. The number of carbonyl (C=O) groups excluding carboxylic acids is 1. The van der Waals surface area contributed by atoms with E-state index in [1.807, 2.05) is 11.0 Å². The highest BCUT2D eigenvalue weighted by atomic mass is 16.2. The van der Waals surface area contributed by atoms with Crippen LogP contribution in [-0.2, 0) is 0 Å². The van der Waals surface area contributed by atoms with E-state index >= 15 is 0 Å². The first-order valence-corrected chi connectivity index (χ1v) is 10.8. The van der Waals surface area contributed by atoms with Gasteiger partial charge in [0.25, 0.3) is 0 Å². The number of likely N-dealkylation sites (tertiary alicyclic amines) is 2. The van der Waals surface area contributed by atoms with E-state index in [9.17, 15) is 4.79 Å². The number of carbonyl (C=O) groups is 1. The van der Waals surface area contributed by atoms with Gasteiger partial charge in [-0.25, -0.2) is 4.79 Å². The second-order valence-corrected chi connectivity index (χ2v) is 9.16. The van der Waals surface area contributed by atoms with Crippen LogP contribution < -0.4 is 5.32 Å². The molecule has 0 bridgehead atoms. The third-order valence-corrected chi connectivity index (χ3v) is 6.99. The molecule has 2 aliphatic heterocycles. The van der Waals surface area contributed by atoms with Crippen LogP contribution in [0, 0.1) is 19.3 Å². The van der Waals surface area contributed by atoms with Gasteiger partial charge in [-0.3, -0.25) is 4.90 Å². The van der Waals surface area contributed by atoms with Crippen LogP contribution in [-0.4, -0.2) is 41.5 Å². The lowest BCUT2D eigenvalue weighted by molar-refractivity contribution is -0.123. The molecule has 2 aromatic rings. The topological polar surface area (TPSA) is 35.6 Å². The Morgan fingerprint density at radius 2 is 1.72 bits per heavy atom. The number of piperidine rings is 1. The van der Waals surface area contributed by atoms with Gasteiger partial charge >= 0.3 is 6.03 Å². The summed E-state index contributed by atoms with van der Waals surface area (Å²) in [6, 6.07) is 18.0. The minimum atomic E-state index is 0.0272. The lowest BCUT2D eigenvalue weighted by Gasteiger charge is -2.62. The Labute approximate surface area is 174 Å². The zero-order valence-electron chi connectivity index (χ0n) is 18.1. The molecule has 1 N–H and O–H groups in total. The van der Waals surface area contributed by atoms with E-state index in [1.54, 1.807) is 0 Å². The zero-order valence-corrected chi connectivity index (χ0v) is 18.1. The molecule has 0 aliphatic carbocycles. The number of anilines is 1. The fourth-order valence-corrected chi connectivity index (χ4v) is 5.05. The molecular formula is C25H33N3O. The summed E-state index contributed by atoms with van der Waals surface area (Å²) in [5.74, 6) is 0. The zero-order chi connectivity index (χ0) is 20.6. The van der Waals surface area contributed by atoms with Crippen LogP contribution >= 0.6 is 0 Å². The van der Waals surface area contributed by atoms with Gasteiger partial charge in [-0.1, -0.05) is 36.4 Å². The Morgan fingerprint density at radius 3 is 2.34 bits per heavy atom. The molecule has 2 saturated heterocycles. The Hall–Kier alpha value is -2.33. The molecule has 0 aromatic heterocycles. The van der Waals surface area contributed by atoms with Gasteiger partial charge < -0.3 is 10.2 Å². The van der Waals surface area contributed by atoms with Gasteiger partial charge in [-0.15, -0.1) is 0 Å². The smallest absolute Gasteiger partial charge is 0.321 e. The SMILES string of the molecule is Cc1ccc(NC(=O)N2CCC3(CC2)CN(C(C)C)C3c2ccccc2)cc1C. The van der Waals surface area contributed by atoms with E-state index in [0.717, 1.165) is 38.2 Å². The van der Waals surface area contributed by atoms with Crippen LogP contribution in [0.3, 0.4) is 0 Å². The second-order valence-electron chi connectivity index (χ2n) is 9.16. The molecule has 2 amide bonds. The largest absolute Gasteiger partial charge is 0.324 e. The molecule has 2 heterocycles. The number of benzene rings is 2. The lowest BCUT2D eigenvalue weighted by atomic mass is 9.62. The normalized spacial score (nSPS) is 21.3. The number of urea groups is 1. The Morgan fingerprint density at radius 1 is 1.03 bits per heavy atom. The second kappa shape index (κ2) is 7.83. The maximum Gasteiger partial charge on any atom is 0.321 e. The van der Waals surface area contributed by atoms with Crippen LogP contribution in [0.1, 0.15) is 49.4 Å². The predicted molar refractivity (Wildman–Crippen MR) is 119 cm³/mol. The molecule has 154 valence electrons. The van der Waals surface area contributed by atoms with Crippen molar-refractivity contribution in [2.75, 3.05) is 25.0 Å². The summed E-state index contributed by atoms with van der Waals surface area (Å²) in [5, 5.41) is 3.09. The number of nitrogens with one attached hydrogen (secondary N) is 1. The van der Waals surface area contributed by atoms with Crippen molar-refractivity contribution in [1.29, 1.82) is 0 Å². The fraction of sp³-hybridized carbons (Fsp3) is 0.480. The van der Waals surface area contributed by atoms with Gasteiger partial charge in [0.05, 0.1) is 0 Å². The van der Waals surface area contributed by atoms with E-state index in [4.69, 9.17) is 0 Å². The van der Waals surface area contributed by atoms with E-state index < -0.39 is 0 Å². The quantitative estimate of drug-likeness (QED) is 0.762. The van der Waals surface area contributed by atoms with Gasteiger partial charge in [0.15, 0.2) is 0 Å². The highest BCUT2D eigenvalue weighted by Crippen LogP contribution is 2.55. The van der Waals surface area contributed by atoms with Crippen molar-refractivity contribution >= 4 is 11.7 Å². The Kier molecular flexibility index (Phi) is 5.39. The van der Waals surface area contributed by atoms with E-state index in [1.165, 1.54) is 16.7 Å². The number of rotatable bonds is 3. The molecule has 0 radical (unpaired) electrons. The summed E-state index contributed by atoms with van der Waals surface area (Å²) in [5.41, 5.74) is 5.04. The fourth-order valence-electron chi connectivity index (χ4n) is 5.05. The van der Waals surface area contributed by atoms with Crippen LogP contribution in [0.25, 0.3) is 0 Å². The molecule has 1 unspecified atom stereocenters. The van der Waals surface area contributed by atoms with Crippen molar-refractivity contribution in [2.24, 2.45) is 5.41 Å². The monoisotopic (exact) mass is 391 g/mol. The summed E-state index contributed by atoms with van der Waals surface area (Å²) >= 11 is 0. The molecule has 1 atom stereocenters. The number of aryl methyl sites for hydroxylation is 2. The maximum absolute atomic E-state index is 12.8. The van der Waals surface area contributed by atoms with Crippen LogP contribution in [0.5, 0.6) is 0 Å². The minimum absolute atomic E-state index is 0.0272. The van der Waals surface area contributed by atoms with Crippen molar-refractivity contribution in [3.63, 3.8) is 0 Å². The molecular weight excluding hydrogens is 358 g/mol. The first-order valence-electron chi connectivity index (χ1n) is 10.8. The van der Waals surface area contributed by atoms with Gasteiger partial charge in [0.2, 0.25) is 0 Å². The average molecular weight is 392 g/mol. The number of hydrogen-bond acceptors (Lipinski definition) is 2. The first kappa shape index (κ1) is 20.0. The summed E-state index contributed by atoms with van der Waals surface area (Å²) < 4.78 is 0. The van der Waals surface area contributed by atoms with Gasteiger partial charge in [0, 0.05) is 42.8 Å². The van der Waals surface area contributed by atoms with E-state index in [0.29, 0.717) is 17.5 Å². The number of hydrogen-bond donors (Lipinski definition) is 1. The molecule has 0 saturated carbocycles. The molecule has 29 heavy (non-hydrogen) atoms. The van der Waals surface area contributed by atoms with E-state index in [-0.39, 0.29) is 6.03 Å². The molecule has 2 aliphatic rings. The Balaban J connectivity index is 1.42. The van der Waals surface area contributed by atoms with Crippen molar-refractivity contribution in [2.45, 2.75) is 52.6 Å². The minimum Gasteiger partial charge on any atom is -0.324 e. The average Bonchev–Trinajstić information content (AvgIpc) is 2.70. The first-order chi connectivity index (χ1) is 13.9. The van der Waals surface area contributed by atoms with Crippen LogP contribution in [0.15, 0.2) is 48.5 Å². The molecule has 4 rings (SSSR count). The highest BCUT2D eigenvalue weighted by molar-refractivity contribution is 5.89. The molecule has 2 aromatic carbocycles. The summed E-state index contributed by atoms with van der Waals surface area (Å²) in [6.07, 6.45) is 2.13. The molecule has 1 spiro atoms. The van der Waals surface area contributed by atoms with Crippen LogP contribution in [0.2, 0.25) is 0 Å². The lowest BCUT2D eigenvalue weighted by Crippen LogP contribution is -2.64. The summed E-state index contributed by atoms with van der Waals surface area (Å²) in [6.45, 7) is 11.5. The van der Waals surface area contributed by atoms with E-state index in [2.05, 4.69) is 80.4 Å². The third-order valence-electron chi connectivity index (χ3n) is 6.99. The molecule has 2 fully saturated rings. The predicted octanol–water partition coefficient (Wildman–Crippen LogP) is 5.38. The van der Waals surface area contributed by atoms with Gasteiger partial charge in [-0.05, 0) is 69.4 Å². The van der Waals surface area contributed by atoms with Gasteiger partial charge in [0.1, 0.15) is 0 Å². The molecule has 4 nitrogen and oxygen atoms in total. The standard InChI is InChI=1S/C25H33N3O/c1-18(2)28-17-25(23(28)21-8-6-5-7-9-21)12-14-27(15-13-25)24(29)26-22-11-10-19(3)20(4)16-22/h5-11,16,18,23H,12-15,17H2,1-4H3,(H,26,29). The summed E-state index contributed by atoms with van der Waals surface area (Å²) in [7, 11) is 0. The van der Waals surface area contributed by atoms with Crippen molar-refractivity contribution < 1.29 is 4.79 Å². The van der Waals surface area contributed by atoms with Crippen molar-refractivity contribution in [1.82, 2.24) is 9.80 Å². The maximum atomic E-state index is 12.8. The molecule has 4 heteroatoms. The summed E-state index contributed by atoms with van der Waals surface area (Å²) in [4.78, 5) is 17.4.